The fraction of sp³-hybridized carbons (Fsp3) is 0.0588. The summed E-state index contributed by atoms with van der Waals surface area (Å²) in [4.78, 5) is 33.4. The molecule has 0 heterocycles. The molecule has 0 aliphatic rings. The van der Waals surface area contributed by atoms with Crippen molar-refractivity contribution >= 4 is 29.3 Å². The molecule has 24 heavy (non-hydrogen) atoms. The molecule has 0 aliphatic heterocycles. The van der Waals surface area contributed by atoms with Gasteiger partial charge in [-0.15, -0.1) is 0 Å². The van der Waals surface area contributed by atoms with Crippen molar-refractivity contribution < 1.29 is 14.5 Å². The molecule has 0 atom stereocenters. The van der Waals surface area contributed by atoms with E-state index < -0.39 is 16.7 Å². The maximum absolute atomic E-state index is 12.0. The van der Waals surface area contributed by atoms with Crippen LogP contribution in [-0.4, -0.2) is 16.7 Å². The number of rotatable bonds is 5. The number of nitrogens with zero attached hydrogens (tertiary/aromatic N) is 1. The third-order valence-electron chi connectivity index (χ3n) is 3.39. The van der Waals surface area contributed by atoms with Gasteiger partial charge in [0.1, 0.15) is 0 Å². The van der Waals surface area contributed by atoms with Gasteiger partial charge in [-0.25, -0.2) is 0 Å². The number of anilines is 1. The predicted molar refractivity (Wildman–Crippen MR) is 90.5 cm³/mol. The lowest BCUT2D eigenvalue weighted by molar-refractivity contribution is -0.384. The SMILES string of the molecule is Cc1c(NC(=O)/C=C/c2ccc([N+](=O)[O-])cc2)cccc1C(N)=O. The van der Waals surface area contributed by atoms with E-state index in [0.717, 1.165) is 0 Å². The third-order valence-corrected chi connectivity index (χ3v) is 3.39. The van der Waals surface area contributed by atoms with Gasteiger partial charge in [0.05, 0.1) is 4.92 Å². The molecule has 0 radical (unpaired) electrons. The largest absolute Gasteiger partial charge is 0.366 e. The zero-order chi connectivity index (χ0) is 17.7. The summed E-state index contributed by atoms with van der Waals surface area (Å²) in [6, 6.07) is 10.7. The monoisotopic (exact) mass is 325 g/mol. The molecule has 2 amide bonds. The lowest BCUT2D eigenvalue weighted by atomic mass is 10.1. The first-order valence-electron chi connectivity index (χ1n) is 7.01. The van der Waals surface area contributed by atoms with Crippen molar-refractivity contribution in [2.24, 2.45) is 5.73 Å². The Labute approximate surface area is 137 Å². The minimum absolute atomic E-state index is 0.0181. The Morgan fingerprint density at radius 2 is 1.83 bits per heavy atom. The van der Waals surface area contributed by atoms with Crippen LogP contribution in [-0.2, 0) is 4.79 Å². The predicted octanol–water partition coefficient (Wildman–Crippen LogP) is 2.65. The van der Waals surface area contributed by atoms with Crippen molar-refractivity contribution in [3.8, 4) is 0 Å². The molecule has 7 heteroatoms. The molecule has 0 unspecified atom stereocenters. The average Bonchev–Trinajstić information content (AvgIpc) is 2.55. The highest BCUT2D eigenvalue weighted by molar-refractivity contribution is 6.04. The van der Waals surface area contributed by atoms with Crippen molar-refractivity contribution in [1.82, 2.24) is 0 Å². The Hall–Kier alpha value is -3.48. The summed E-state index contributed by atoms with van der Waals surface area (Å²) in [7, 11) is 0. The van der Waals surface area contributed by atoms with Gasteiger partial charge in [0.2, 0.25) is 11.8 Å². The molecule has 0 aromatic heterocycles. The van der Waals surface area contributed by atoms with E-state index in [1.807, 2.05) is 0 Å². The molecule has 0 aliphatic carbocycles. The van der Waals surface area contributed by atoms with E-state index in [0.29, 0.717) is 22.4 Å². The number of benzene rings is 2. The zero-order valence-corrected chi connectivity index (χ0v) is 12.9. The fourth-order valence-corrected chi connectivity index (χ4v) is 2.09. The van der Waals surface area contributed by atoms with E-state index in [4.69, 9.17) is 5.73 Å². The number of hydrogen-bond donors (Lipinski definition) is 2. The van der Waals surface area contributed by atoms with Crippen LogP contribution in [0, 0.1) is 17.0 Å². The second-order valence-electron chi connectivity index (χ2n) is 5.01. The minimum atomic E-state index is -0.565. The number of nitro groups is 1. The zero-order valence-electron chi connectivity index (χ0n) is 12.9. The van der Waals surface area contributed by atoms with E-state index in [1.165, 1.54) is 24.3 Å². The van der Waals surface area contributed by atoms with E-state index in [1.54, 1.807) is 37.3 Å². The second-order valence-corrected chi connectivity index (χ2v) is 5.01. The first kappa shape index (κ1) is 16.9. The molecule has 7 nitrogen and oxygen atoms in total. The molecule has 3 N–H and O–H groups in total. The summed E-state index contributed by atoms with van der Waals surface area (Å²) < 4.78 is 0. The van der Waals surface area contributed by atoms with Crippen LogP contribution in [0.2, 0.25) is 0 Å². The highest BCUT2D eigenvalue weighted by atomic mass is 16.6. The van der Waals surface area contributed by atoms with E-state index in [-0.39, 0.29) is 5.69 Å². The molecule has 0 fully saturated rings. The maximum Gasteiger partial charge on any atom is 0.269 e. The summed E-state index contributed by atoms with van der Waals surface area (Å²) in [5.41, 5.74) is 7.32. The van der Waals surface area contributed by atoms with Crippen LogP contribution in [0.1, 0.15) is 21.5 Å². The number of nitro benzene ring substituents is 1. The molecule has 0 spiro atoms. The molecule has 0 saturated heterocycles. The third kappa shape index (κ3) is 4.04. The van der Waals surface area contributed by atoms with Gasteiger partial charge in [0.15, 0.2) is 0 Å². The van der Waals surface area contributed by atoms with Gasteiger partial charge in [0, 0.05) is 29.5 Å². The quantitative estimate of drug-likeness (QED) is 0.499. The van der Waals surface area contributed by atoms with Gasteiger partial charge < -0.3 is 11.1 Å². The average molecular weight is 325 g/mol. The van der Waals surface area contributed by atoms with Crippen LogP contribution in [0.4, 0.5) is 11.4 Å². The first-order valence-corrected chi connectivity index (χ1v) is 7.01. The molecule has 2 aromatic rings. The van der Waals surface area contributed by atoms with Crippen molar-refractivity contribution in [2.45, 2.75) is 6.92 Å². The molecule has 0 bridgehead atoms. The molecule has 2 rings (SSSR count). The van der Waals surface area contributed by atoms with Crippen molar-refractivity contribution in [1.29, 1.82) is 0 Å². The first-order chi connectivity index (χ1) is 11.4. The van der Waals surface area contributed by atoms with Gasteiger partial charge in [-0.3, -0.25) is 19.7 Å². The highest BCUT2D eigenvalue weighted by Crippen LogP contribution is 2.19. The summed E-state index contributed by atoms with van der Waals surface area (Å²) in [6.45, 7) is 1.69. The maximum atomic E-state index is 12.0. The summed E-state index contributed by atoms with van der Waals surface area (Å²) in [5.74, 6) is -0.955. The van der Waals surface area contributed by atoms with Crippen LogP contribution in [0.3, 0.4) is 0 Å². The molecule has 122 valence electrons. The number of non-ortho nitro benzene ring substituents is 1. The van der Waals surface area contributed by atoms with E-state index >= 15 is 0 Å². The van der Waals surface area contributed by atoms with Crippen LogP contribution < -0.4 is 11.1 Å². The topological polar surface area (TPSA) is 115 Å². The van der Waals surface area contributed by atoms with E-state index in [9.17, 15) is 19.7 Å². The normalized spacial score (nSPS) is 10.5. The van der Waals surface area contributed by atoms with Crippen molar-refractivity contribution in [2.75, 3.05) is 5.32 Å². The fourth-order valence-electron chi connectivity index (χ4n) is 2.09. The standard InChI is InChI=1S/C17H15N3O4/c1-11-14(17(18)22)3-2-4-15(11)19-16(21)10-7-12-5-8-13(9-6-12)20(23)24/h2-10H,1H3,(H2,18,22)(H,19,21)/b10-7+. The van der Waals surface area contributed by atoms with Gasteiger partial charge in [-0.1, -0.05) is 6.07 Å². The van der Waals surface area contributed by atoms with Gasteiger partial charge in [-0.05, 0) is 48.4 Å². The number of nitrogens with two attached hydrogens (primary N) is 1. The van der Waals surface area contributed by atoms with Gasteiger partial charge in [0.25, 0.3) is 5.69 Å². The Morgan fingerprint density at radius 1 is 1.17 bits per heavy atom. The van der Waals surface area contributed by atoms with Crippen LogP contribution in [0.15, 0.2) is 48.5 Å². The Balaban J connectivity index is 2.09. The number of carbonyl (C=O) groups is 2. The Morgan fingerprint density at radius 3 is 2.42 bits per heavy atom. The number of hydrogen-bond acceptors (Lipinski definition) is 4. The molecular formula is C17H15N3O4. The van der Waals surface area contributed by atoms with Crippen LogP contribution in [0.25, 0.3) is 6.08 Å². The number of carbonyl (C=O) groups excluding carboxylic acids is 2. The smallest absolute Gasteiger partial charge is 0.269 e. The van der Waals surface area contributed by atoms with Crippen molar-refractivity contribution in [3.05, 3.63) is 75.3 Å². The van der Waals surface area contributed by atoms with Crippen molar-refractivity contribution in [3.63, 3.8) is 0 Å². The van der Waals surface area contributed by atoms with Gasteiger partial charge >= 0.3 is 0 Å². The molecule has 0 saturated carbocycles. The highest BCUT2D eigenvalue weighted by Gasteiger charge is 2.09. The molecular weight excluding hydrogens is 310 g/mol. The summed E-state index contributed by atoms with van der Waals surface area (Å²) >= 11 is 0. The molecule has 2 aromatic carbocycles. The Kier molecular flexibility index (Phi) is 5.06. The lowest BCUT2D eigenvalue weighted by Gasteiger charge is -2.09. The van der Waals surface area contributed by atoms with E-state index in [2.05, 4.69) is 5.32 Å². The number of amides is 2. The second kappa shape index (κ2) is 7.19. The lowest BCUT2D eigenvalue weighted by Crippen LogP contribution is -2.15. The number of nitrogens with one attached hydrogen (secondary N) is 1. The van der Waals surface area contributed by atoms with Gasteiger partial charge in [-0.2, -0.15) is 0 Å². The minimum Gasteiger partial charge on any atom is -0.366 e. The summed E-state index contributed by atoms with van der Waals surface area (Å²) in [5, 5.41) is 13.2. The summed E-state index contributed by atoms with van der Waals surface area (Å²) in [6.07, 6.45) is 2.84. The van der Waals surface area contributed by atoms with Crippen LogP contribution in [0.5, 0.6) is 0 Å². The number of primary amides is 1. The van der Waals surface area contributed by atoms with Crippen LogP contribution >= 0.6 is 0 Å². The Bertz CT molecular complexity index is 826.